The smallest absolute Gasteiger partial charge is 0.231 e. The molecule has 0 radical (unpaired) electrons. The van der Waals surface area contributed by atoms with Crippen LogP contribution in [0.1, 0.15) is 22.3 Å². The summed E-state index contributed by atoms with van der Waals surface area (Å²) in [6.45, 7) is 2.57. The van der Waals surface area contributed by atoms with E-state index in [4.69, 9.17) is 0 Å². The molecule has 0 atom stereocenters. The van der Waals surface area contributed by atoms with E-state index in [2.05, 4.69) is 26.5 Å². The average Bonchev–Trinajstić information content (AvgIpc) is 3.46. The summed E-state index contributed by atoms with van der Waals surface area (Å²) in [6, 6.07) is 17.7. The zero-order valence-electron chi connectivity index (χ0n) is 19.0. The summed E-state index contributed by atoms with van der Waals surface area (Å²) in [5.74, 6) is 1.21. The molecule has 5 rings (SSSR count). The molecular formula is C26H23N7O. The fraction of sp³-hybridized carbons (Fsp3) is 0.192. The normalized spacial score (nSPS) is 12.3. The second-order valence-electron chi connectivity index (χ2n) is 8.27. The highest BCUT2D eigenvalue weighted by atomic mass is 16.2. The van der Waals surface area contributed by atoms with Gasteiger partial charge in [-0.1, -0.05) is 24.3 Å². The van der Waals surface area contributed by atoms with Gasteiger partial charge in [-0.3, -0.25) is 9.48 Å². The number of carbonyl (C=O) groups excluding carboxylic acids is 1. The zero-order chi connectivity index (χ0) is 23.7. The lowest BCUT2D eigenvalue weighted by atomic mass is 10.0. The van der Waals surface area contributed by atoms with Gasteiger partial charge in [0.2, 0.25) is 11.9 Å². The maximum absolute atomic E-state index is 13.2. The highest BCUT2D eigenvalue weighted by molar-refractivity contribution is 5.99. The Morgan fingerprint density at radius 2 is 2.03 bits per heavy atom. The molecule has 34 heavy (non-hydrogen) atoms. The highest BCUT2D eigenvalue weighted by Crippen LogP contribution is 2.36. The molecular weight excluding hydrogens is 426 g/mol. The van der Waals surface area contributed by atoms with Crippen molar-refractivity contribution in [2.75, 3.05) is 16.8 Å². The van der Waals surface area contributed by atoms with Crippen LogP contribution in [-0.4, -0.2) is 32.2 Å². The van der Waals surface area contributed by atoms with Crippen LogP contribution in [0.2, 0.25) is 0 Å². The van der Waals surface area contributed by atoms with Crippen molar-refractivity contribution in [3.8, 4) is 17.3 Å². The first kappa shape index (κ1) is 21.3. The number of anilines is 3. The van der Waals surface area contributed by atoms with E-state index in [-0.39, 0.29) is 5.91 Å². The molecule has 4 aromatic rings. The number of hydrogen-bond donors (Lipinski definition) is 1. The Balaban J connectivity index is 1.44. The van der Waals surface area contributed by atoms with Gasteiger partial charge in [0.25, 0.3) is 0 Å². The third-order valence-corrected chi connectivity index (χ3v) is 6.10. The fourth-order valence-corrected chi connectivity index (χ4v) is 4.29. The Kier molecular flexibility index (Phi) is 5.52. The van der Waals surface area contributed by atoms with Crippen LogP contribution in [0.4, 0.5) is 17.5 Å². The first-order valence-electron chi connectivity index (χ1n) is 11.0. The van der Waals surface area contributed by atoms with E-state index in [9.17, 15) is 10.1 Å². The summed E-state index contributed by atoms with van der Waals surface area (Å²) in [6.07, 6.45) is 4.38. The molecule has 8 heteroatoms. The van der Waals surface area contributed by atoms with Crippen molar-refractivity contribution in [1.29, 1.82) is 5.26 Å². The van der Waals surface area contributed by atoms with Gasteiger partial charge < -0.3 is 10.2 Å². The molecule has 0 spiro atoms. The third kappa shape index (κ3) is 3.99. The van der Waals surface area contributed by atoms with Crippen LogP contribution in [-0.2, 0) is 24.7 Å². The molecule has 0 saturated carbocycles. The van der Waals surface area contributed by atoms with Crippen molar-refractivity contribution >= 4 is 23.4 Å². The molecule has 1 amide bonds. The molecule has 0 saturated heterocycles. The van der Waals surface area contributed by atoms with Gasteiger partial charge in [0.15, 0.2) is 0 Å². The summed E-state index contributed by atoms with van der Waals surface area (Å²) in [5.41, 5.74) is 5.78. The van der Waals surface area contributed by atoms with Crippen molar-refractivity contribution in [3.05, 3.63) is 83.2 Å². The number of fused-ring (bicyclic) bond motifs is 1. The van der Waals surface area contributed by atoms with Gasteiger partial charge in [-0.2, -0.15) is 10.4 Å². The van der Waals surface area contributed by atoms with Gasteiger partial charge in [0.1, 0.15) is 11.9 Å². The van der Waals surface area contributed by atoms with Crippen LogP contribution >= 0.6 is 0 Å². The minimum atomic E-state index is 0.00185. The SMILES string of the molecule is Cc1ccccc1CC(=O)N1CCc2cc(-c3ccnc(Nc4ccnn4C)n3)cc(C#N)c21. The van der Waals surface area contributed by atoms with Crippen molar-refractivity contribution in [2.24, 2.45) is 7.05 Å². The number of benzene rings is 2. The van der Waals surface area contributed by atoms with Gasteiger partial charge in [0.05, 0.1) is 29.6 Å². The Bertz CT molecular complexity index is 1430. The van der Waals surface area contributed by atoms with Crippen LogP contribution in [0.3, 0.4) is 0 Å². The number of nitrogens with one attached hydrogen (secondary N) is 1. The van der Waals surface area contributed by atoms with Crippen molar-refractivity contribution in [2.45, 2.75) is 19.8 Å². The number of hydrogen-bond acceptors (Lipinski definition) is 6. The summed E-state index contributed by atoms with van der Waals surface area (Å²) in [7, 11) is 1.83. The second-order valence-corrected chi connectivity index (χ2v) is 8.27. The van der Waals surface area contributed by atoms with Crippen molar-refractivity contribution < 1.29 is 4.79 Å². The minimum Gasteiger partial charge on any atom is -0.310 e. The van der Waals surface area contributed by atoms with Crippen LogP contribution < -0.4 is 10.2 Å². The summed E-state index contributed by atoms with van der Waals surface area (Å²) in [5, 5.41) is 17.2. The molecule has 2 aromatic heterocycles. The Morgan fingerprint density at radius 3 is 2.79 bits per heavy atom. The fourth-order valence-electron chi connectivity index (χ4n) is 4.29. The number of aryl methyl sites for hydroxylation is 2. The number of nitrogens with zero attached hydrogens (tertiary/aromatic N) is 6. The van der Waals surface area contributed by atoms with Gasteiger partial charge in [-0.25, -0.2) is 9.97 Å². The molecule has 1 aliphatic heterocycles. The molecule has 0 unspecified atom stereocenters. The van der Waals surface area contributed by atoms with Crippen LogP contribution in [0.5, 0.6) is 0 Å². The predicted molar refractivity (Wildman–Crippen MR) is 130 cm³/mol. The average molecular weight is 450 g/mol. The van der Waals surface area contributed by atoms with Crippen LogP contribution in [0, 0.1) is 18.3 Å². The summed E-state index contributed by atoms with van der Waals surface area (Å²) < 4.78 is 1.70. The topological polar surface area (TPSA) is 99.7 Å². The molecule has 2 aromatic carbocycles. The number of nitriles is 1. The zero-order valence-corrected chi connectivity index (χ0v) is 19.0. The van der Waals surface area contributed by atoms with E-state index in [0.29, 0.717) is 42.3 Å². The second kappa shape index (κ2) is 8.79. The Labute approximate surface area is 197 Å². The van der Waals surface area contributed by atoms with Gasteiger partial charge in [-0.15, -0.1) is 0 Å². The first-order valence-corrected chi connectivity index (χ1v) is 11.0. The number of amides is 1. The molecule has 0 aliphatic carbocycles. The predicted octanol–water partition coefficient (Wildman–Crippen LogP) is 3.93. The maximum Gasteiger partial charge on any atom is 0.231 e. The molecule has 1 aliphatic rings. The van der Waals surface area contributed by atoms with Gasteiger partial charge in [0, 0.05) is 31.4 Å². The lowest BCUT2D eigenvalue weighted by Gasteiger charge is -2.19. The van der Waals surface area contributed by atoms with Gasteiger partial charge in [-0.05, 0) is 48.2 Å². The van der Waals surface area contributed by atoms with E-state index in [1.54, 1.807) is 28.0 Å². The largest absolute Gasteiger partial charge is 0.310 e. The van der Waals surface area contributed by atoms with E-state index in [0.717, 1.165) is 28.1 Å². The number of carbonyl (C=O) groups is 1. The Hall–Kier alpha value is -4.51. The molecule has 1 N–H and O–H groups in total. The summed E-state index contributed by atoms with van der Waals surface area (Å²) in [4.78, 5) is 23.8. The van der Waals surface area contributed by atoms with E-state index in [1.807, 2.05) is 56.4 Å². The first-order chi connectivity index (χ1) is 16.5. The molecule has 0 fully saturated rings. The summed E-state index contributed by atoms with van der Waals surface area (Å²) >= 11 is 0. The number of aromatic nitrogens is 4. The molecule has 8 nitrogen and oxygen atoms in total. The lowest BCUT2D eigenvalue weighted by Crippen LogP contribution is -2.31. The minimum absolute atomic E-state index is 0.00185. The molecule has 168 valence electrons. The Morgan fingerprint density at radius 1 is 1.18 bits per heavy atom. The highest BCUT2D eigenvalue weighted by Gasteiger charge is 2.28. The van der Waals surface area contributed by atoms with E-state index < -0.39 is 0 Å². The van der Waals surface area contributed by atoms with Gasteiger partial charge >= 0.3 is 0 Å². The maximum atomic E-state index is 13.2. The monoisotopic (exact) mass is 449 g/mol. The molecule has 0 bridgehead atoms. The third-order valence-electron chi connectivity index (χ3n) is 6.10. The molecule has 3 heterocycles. The lowest BCUT2D eigenvalue weighted by molar-refractivity contribution is -0.117. The van der Waals surface area contributed by atoms with E-state index >= 15 is 0 Å². The standard InChI is InChI=1S/C26H23N7O/c1-17-5-3-4-6-18(17)15-24(34)33-12-9-19-13-20(14-21(16-27)25(19)33)22-7-10-28-26(30-22)31-23-8-11-29-32(23)2/h3-8,10-11,13-14H,9,12,15H2,1-2H3,(H,28,30,31). The quantitative estimate of drug-likeness (QED) is 0.496. The van der Waals surface area contributed by atoms with Crippen molar-refractivity contribution in [3.63, 3.8) is 0 Å². The van der Waals surface area contributed by atoms with Crippen LogP contribution in [0.15, 0.2) is 60.9 Å². The number of rotatable bonds is 5. The van der Waals surface area contributed by atoms with Crippen LogP contribution in [0.25, 0.3) is 11.3 Å². The van der Waals surface area contributed by atoms with Crippen molar-refractivity contribution in [1.82, 2.24) is 19.7 Å². The van der Waals surface area contributed by atoms with E-state index in [1.165, 1.54) is 0 Å².